The maximum atomic E-state index is 12.1. The molecule has 0 fully saturated rings. The van der Waals surface area contributed by atoms with E-state index in [-0.39, 0.29) is 25.7 Å². The topological polar surface area (TPSA) is 87.1 Å². The van der Waals surface area contributed by atoms with Crippen LogP contribution < -0.4 is 4.74 Å². The van der Waals surface area contributed by atoms with Crippen molar-refractivity contribution >= 4 is 11.9 Å². The molecule has 1 rings (SSSR count). The van der Waals surface area contributed by atoms with Gasteiger partial charge in [-0.3, -0.25) is 9.59 Å². The number of benzene rings is 1. The van der Waals surface area contributed by atoms with Crippen molar-refractivity contribution in [3.8, 4) is 5.75 Å². The second-order valence-corrected chi connectivity index (χ2v) is 4.76. The smallest absolute Gasteiger partial charge is 0.308 e. The Morgan fingerprint density at radius 3 is 2.52 bits per heavy atom. The zero-order valence-electron chi connectivity index (χ0n) is 12.1. The molecule has 0 bridgehead atoms. The molecule has 0 saturated carbocycles. The van der Waals surface area contributed by atoms with Crippen LogP contribution in [0.3, 0.4) is 0 Å². The van der Waals surface area contributed by atoms with Crippen LogP contribution in [0, 0.1) is 5.92 Å². The van der Waals surface area contributed by atoms with E-state index in [1.54, 1.807) is 31.2 Å². The fraction of sp³-hybridized carbons (Fsp3) is 0.467. The highest BCUT2D eigenvalue weighted by Gasteiger charge is 2.20. The van der Waals surface area contributed by atoms with E-state index in [1.165, 1.54) is 4.90 Å². The Kier molecular flexibility index (Phi) is 7.25. The Hall–Kier alpha value is -2.08. The summed E-state index contributed by atoms with van der Waals surface area (Å²) in [4.78, 5) is 24.4. The summed E-state index contributed by atoms with van der Waals surface area (Å²) in [5.74, 6) is -1.33. The molecule has 0 aliphatic rings. The highest BCUT2D eigenvalue weighted by Crippen LogP contribution is 2.09. The molecular weight excluding hydrogens is 274 g/mol. The van der Waals surface area contributed by atoms with Crippen molar-refractivity contribution < 1.29 is 24.5 Å². The van der Waals surface area contributed by atoms with Crippen molar-refractivity contribution in [3.63, 3.8) is 0 Å². The molecule has 1 atom stereocenters. The van der Waals surface area contributed by atoms with Crippen molar-refractivity contribution in [1.82, 2.24) is 4.90 Å². The number of carbonyl (C=O) groups excluding carboxylic acids is 1. The Labute approximate surface area is 124 Å². The number of rotatable bonds is 9. The summed E-state index contributed by atoms with van der Waals surface area (Å²) >= 11 is 0. The van der Waals surface area contributed by atoms with Crippen molar-refractivity contribution in [1.29, 1.82) is 0 Å². The number of aliphatic carboxylic acids is 1. The summed E-state index contributed by atoms with van der Waals surface area (Å²) in [6, 6.07) is 8.93. The van der Waals surface area contributed by atoms with E-state index in [9.17, 15) is 9.59 Å². The number of hydrogen-bond acceptors (Lipinski definition) is 4. The standard InChI is InChI=1S/C15H21NO5/c1-12(15(19)20)10-16(8-5-9-17)14(18)11-21-13-6-3-2-4-7-13/h2-4,6-7,12,17H,5,8-11H2,1H3,(H,19,20). The van der Waals surface area contributed by atoms with Gasteiger partial charge < -0.3 is 19.8 Å². The van der Waals surface area contributed by atoms with Crippen LogP contribution in [0.4, 0.5) is 0 Å². The predicted octanol–water partition coefficient (Wildman–Crippen LogP) is 0.997. The first kappa shape index (κ1) is 17.0. The molecule has 1 unspecified atom stereocenters. The average molecular weight is 295 g/mol. The minimum atomic E-state index is -0.958. The van der Waals surface area contributed by atoms with Crippen molar-refractivity contribution in [3.05, 3.63) is 30.3 Å². The minimum absolute atomic E-state index is 0.0508. The molecule has 1 amide bonds. The SMILES string of the molecule is CC(CN(CCCO)C(=O)COc1ccccc1)C(=O)O. The summed E-state index contributed by atoms with van der Waals surface area (Å²) in [5, 5.41) is 17.8. The van der Waals surface area contributed by atoms with Gasteiger partial charge in [0.25, 0.3) is 5.91 Å². The normalized spacial score (nSPS) is 11.7. The van der Waals surface area contributed by atoms with Gasteiger partial charge in [-0.1, -0.05) is 25.1 Å². The Morgan fingerprint density at radius 2 is 1.95 bits per heavy atom. The first-order chi connectivity index (χ1) is 10.0. The summed E-state index contributed by atoms with van der Waals surface area (Å²) in [5.41, 5.74) is 0. The van der Waals surface area contributed by atoms with Gasteiger partial charge in [0.15, 0.2) is 6.61 Å². The van der Waals surface area contributed by atoms with Crippen LogP contribution in [0.15, 0.2) is 30.3 Å². The average Bonchev–Trinajstić information content (AvgIpc) is 2.49. The van der Waals surface area contributed by atoms with Crippen LogP contribution in [-0.4, -0.2) is 53.3 Å². The third-order valence-corrected chi connectivity index (χ3v) is 2.96. The Morgan fingerprint density at radius 1 is 1.29 bits per heavy atom. The molecule has 1 aromatic carbocycles. The van der Waals surface area contributed by atoms with Gasteiger partial charge in [-0.2, -0.15) is 0 Å². The molecule has 1 aromatic rings. The van der Waals surface area contributed by atoms with Crippen molar-refractivity contribution in [2.24, 2.45) is 5.92 Å². The van der Waals surface area contributed by atoms with Crippen LogP contribution in [0.1, 0.15) is 13.3 Å². The number of ether oxygens (including phenoxy) is 1. The molecule has 116 valence electrons. The maximum Gasteiger partial charge on any atom is 0.308 e. The number of aliphatic hydroxyl groups is 1. The van der Waals surface area contributed by atoms with Gasteiger partial charge in [-0.15, -0.1) is 0 Å². The summed E-state index contributed by atoms with van der Waals surface area (Å²) in [6.07, 6.45) is 0.406. The Balaban J connectivity index is 2.55. The molecule has 0 spiro atoms. The molecule has 6 nitrogen and oxygen atoms in total. The van der Waals surface area contributed by atoms with Gasteiger partial charge in [-0.05, 0) is 18.6 Å². The minimum Gasteiger partial charge on any atom is -0.484 e. The summed E-state index contributed by atoms with van der Waals surface area (Å²) in [6.45, 7) is 1.75. The van der Waals surface area contributed by atoms with E-state index >= 15 is 0 Å². The second-order valence-electron chi connectivity index (χ2n) is 4.76. The first-order valence-electron chi connectivity index (χ1n) is 6.84. The quantitative estimate of drug-likeness (QED) is 0.709. The number of aliphatic hydroxyl groups excluding tert-OH is 1. The lowest BCUT2D eigenvalue weighted by molar-refractivity contribution is -0.143. The van der Waals surface area contributed by atoms with E-state index in [1.807, 2.05) is 6.07 Å². The number of nitrogens with zero attached hydrogens (tertiary/aromatic N) is 1. The third kappa shape index (κ3) is 6.27. The molecule has 2 N–H and O–H groups in total. The monoisotopic (exact) mass is 295 g/mol. The molecule has 0 saturated heterocycles. The van der Waals surface area contributed by atoms with Gasteiger partial charge >= 0.3 is 5.97 Å². The lowest BCUT2D eigenvalue weighted by Crippen LogP contribution is -2.40. The highest BCUT2D eigenvalue weighted by molar-refractivity contribution is 5.78. The number of carbonyl (C=O) groups is 2. The van der Waals surface area contributed by atoms with E-state index in [0.717, 1.165) is 0 Å². The number of hydrogen-bond donors (Lipinski definition) is 2. The van der Waals surface area contributed by atoms with Gasteiger partial charge in [-0.25, -0.2) is 0 Å². The lowest BCUT2D eigenvalue weighted by Gasteiger charge is -2.24. The molecular formula is C15H21NO5. The largest absolute Gasteiger partial charge is 0.484 e. The first-order valence-corrected chi connectivity index (χ1v) is 6.84. The van der Waals surface area contributed by atoms with Crippen LogP contribution in [0.25, 0.3) is 0 Å². The third-order valence-electron chi connectivity index (χ3n) is 2.96. The maximum absolute atomic E-state index is 12.1. The molecule has 0 aliphatic heterocycles. The highest BCUT2D eigenvalue weighted by atomic mass is 16.5. The van der Waals surface area contributed by atoms with Crippen molar-refractivity contribution in [2.45, 2.75) is 13.3 Å². The van der Waals surface area contributed by atoms with E-state index in [2.05, 4.69) is 0 Å². The van der Waals surface area contributed by atoms with Crippen LogP contribution in [0.5, 0.6) is 5.75 Å². The van der Waals surface area contributed by atoms with Gasteiger partial charge in [0, 0.05) is 19.7 Å². The predicted molar refractivity (Wildman–Crippen MR) is 77.0 cm³/mol. The number of carboxylic acid groups (broad SMARTS) is 1. The summed E-state index contributed by atoms with van der Waals surface area (Å²) in [7, 11) is 0. The number of amides is 1. The fourth-order valence-electron chi connectivity index (χ4n) is 1.74. The van der Waals surface area contributed by atoms with Crippen LogP contribution in [-0.2, 0) is 9.59 Å². The molecule has 6 heteroatoms. The fourth-order valence-corrected chi connectivity index (χ4v) is 1.74. The van der Waals surface area contributed by atoms with E-state index < -0.39 is 11.9 Å². The van der Waals surface area contributed by atoms with Crippen molar-refractivity contribution in [2.75, 3.05) is 26.3 Å². The van der Waals surface area contributed by atoms with E-state index in [4.69, 9.17) is 14.9 Å². The zero-order chi connectivity index (χ0) is 15.7. The summed E-state index contributed by atoms with van der Waals surface area (Å²) < 4.78 is 5.37. The van der Waals surface area contributed by atoms with Crippen LogP contribution >= 0.6 is 0 Å². The van der Waals surface area contributed by atoms with E-state index in [0.29, 0.717) is 18.7 Å². The molecule has 0 radical (unpaired) electrons. The Bertz CT molecular complexity index is 449. The second kappa shape index (κ2) is 8.97. The molecule has 0 aromatic heterocycles. The number of para-hydroxylation sites is 1. The lowest BCUT2D eigenvalue weighted by atomic mass is 10.1. The van der Waals surface area contributed by atoms with Gasteiger partial charge in [0.2, 0.25) is 0 Å². The van der Waals surface area contributed by atoms with Crippen LogP contribution in [0.2, 0.25) is 0 Å². The molecule has 21 heavy (non-hydrogen) atoms. The van der Waals surface area contributed by atoms with Gasteiger partial charge in [0.1, 0.15) is 5.75 Å². The molecule has 0 aliphatic carbocycles. The zero-order valence-corrected chi connectivity index (χ0v) is 12.1. The molecule has 0 heterocycles. The van der Waals surface area contributed by atoms with Gasteiger partial charge in [0.05, 0.1) is 5.92 Å². The number of carboxylic acids is 1.